The smallest absolute Gasteiger partial charge is 0.220 e. The van der Waals surface area contributed by atoms with E-state index in [-0.39, 0.29) is 12.0 Å². The van der Waals surface area contributed by atoms with Gasteiger partial charge in [-0.25, -0.2) is 0 Å². The van der Waals surface area contributed by atoms with Crippen LogP contribution in [-0.4, -0.2) is 56.8 Å². The number of hydrogen-bond donors (Lipinski definition) is 1. The van der Waals surface area contributed by atoms with E-state index < -0.39 is 0 Å². The number of morpholine rings is 1. The fourth-order valence-corrected chi connectivity index (χ4v) is 2.44. The molecule has 1 amide bonds. The number of para-hydroxylation sites is 1. The lowest BCUT2D eigenvalue weighted by atomic mass is 10.2. The first kappa shape index (κ1) is 16.8. The van der Waals surface area contributed by atoms with Gasteiger partial charge in [-0.15, -0.1) is 0 Å². The molecule has 0 saturated carbocycles. The van der Waals surface area contributed by atoms with Crippen LogP contribution < -0.4 is 10.1 Å². The first-order valence-corrected chi connectivity index (χ1v) is 7.90. The third-order valence-electron chi connectivity index (χ3n) is 3.77. The van der Waals surface area contributed by atoms with E-state index in [1.807, 2.05) is 31.2 Å². The molecule has 0 aliphatic carbocycles. The third kappa shape index (κ3) is 5.66. The number of ether oxygens (including phenoxy) is 2. The third-order valence-corrected chi connectivity index (χ3v) is 3.77. The lowest BCUT2D eigenvalue weighted by molar-refractivity contribution is -0.122. The number of rotatable bonds is 7. The molecule has 0 radical (unpaired) electrons. The van der Waals surface area contributed by atoms with Crippen LogP contribution in [0.3, 0.4) is 0 Å². The van der Waals surface area contributed by atoms with Gasteiger partial charge in [-0.1, -0.05) is 18.2 Å². The van der Waals surface area contributed by atoms with Crippen LogP contribution in [0, 0.1) is 6.92 Å². The Balaban J connectivity index is 1.57. The van der Waals surface area contributed by atoms with Crippen molar-refractivity contribution in [3.8, 4) is 5.75 Å². The van der Waals surface area contributed by atoms with Gasteiger partial charge in [0.2, 0.25) is 5.91 Å². The molecular formula is C17H26N2O3. The van der Waals surface area contributed by atoms with Crippen molar-refractivity contribution in [3.63, 3.8) is 0 Å². The van der Waals surface area contributed by atoms with Crippen LogP contribution in [0.5, 0.6) is 5.75 Å². The average molecular weight is 306 g/mol. The van der Waals surface area contributed by atoms with Crippen LogP contribution in [0.1, 0.15) is 18.4 Å². The van der Waals surface area contributed by atoms with E-state index >= 15 is 0 Å². The lowest BCUT2D eigenvalue weighted by Crippen LogP contribution is -2.45. The topological polar surface area (TPSA) is 50.8 Å². The number of carbonyl (C=O) groups excluding carboxylic acids is 1. The maximum Gasteiger partial charge on any atom is 0.220 e. The van der Waals surface area contributed by atoms with Gasteiger partial charge in [-0.2, -0.15) is 0 Å². The highest BCUT2D eigenvalue weighted by atomic mass is 16.5. The van der Waals surface area contributed by atoms with Gasteiger partial charge >= 0.3 is 0 Å². The highest BCUT2D eigenvalue weighted by molar-refractivity contribution is 5.75. The number of amides is 1. The molecule has 1 fully saturated rings. The molecule has 1 saturated heterocycles. The highest BCUT2D eigenvalue weighted by Crippen LogP contribution is 2.16. The van der Waals surface area contributed by atoms with E-state index in [4.69, 9.17) is 9.47 Å². The minimum Gasteiger partial charge on any atom is -0.493 e. The summed E-state index contributed by atoms with van der Waals surface area (Å²) in [5, 5.41) is 2.94. The fraction of sp³-hybridized carbons (Fsp3) is 0.588. The van der Waals surface area contributed by atoms with Gasteiger partial charge in [-0.3, -0.25) is 4.79 Å². The van der Waals surface area contributed by atoms with Crippen LogP contribution in [0.25, 0.3) is 0 Å². The van der Waals surface area contributed by atoms with Crippen molar-refractivity contribution in [1.82, 2.24) is 10.2 Å². The Hall–Kier alpha value is -1.59. The Morgan fingerprint density at radius 1 is 1.45 bits per heavy atom. The number of nitrogens with one attached hydrogen (secondary N) is 1. The van der Waals surface area contributed by atoms with E-state index in [9.17, 15) is 4.79 Å². The number of aryl methyl sites for hydroxylation is 1. The Labute approximate surface area is 132 Å². The predicted molar refractivity (Wildman–Crippen MR) is 86.2 cm³/mol. The molecule has 0 aromatic heterocycles. The lowest BCUT2D eigenvalue weighted by Gasteiger charge is -2.30. The summed E-state index contributed by atoms with van der Waals surface area (Å²) in [7, 11) is 2.07. The second kappa shape index (κ2) is 8.76. The molecule has 5 nitrogen and oxygen atoms in total. The Morgan fingerprint density at radius 3 is 3.05 bits per heavy atom. The van der Waals surface area contributed by atoms with E-state index in [2.05, 4.69) is 17.3 Å². The van der Waals surface area contributed by atoms with Gasteiger partial charge in [0.25, 0.3) is 0 Å². The van der Waals surface area contributed by atoms with Gasteiger partial charge in [0.1, 0.15) is 5.75 Å². The van der Waals surface area contributed by atoms with Crippen molar-refractivity contribution in [1.29, 1.82) is 0 Å². The number of benzene rings is 1. The minimum atomic E-state index is 0.0604. The molecule has 22 heavy (non-hydrogen) atoms. The molecular weight excluding hydrogens is 280 g/mol. The van der Waals surface area contributed by atoms with Crippen LogP contribution >= 0.6 is 0 Å². The summed E-state index contributed by atoms with van der Waals surface area (Å²) >= 11 is 0. The average Bonchev–Trinajstić information content (AvgIpc) is 2.51. The van der Waals surface area contributed by atoms with E-state index in [0.29, 0.717) is 26.0 Å². The van der Waals surface area contributed by atoms with Gasteiger partial charge in [0.15, 0.2) is 0 Å². The van der Waals surface area contributed by atoms with Crippen molar-refractivity contribution in [2.24, 2.45) is 0 Å². The molecule has 1 aromatic rings. The molecule has 2 rings (SSSR count). The molecule has 1 aliphatic heterocycles. The molecule has 0 spiro atoms. The summed E-state index contributed by atoms with van der Waals surface area (Å²) in [6.07, 6.45) is 1.30. The van der Waals surface area contributed by atoms with Gasteiger partial charge in [-0.05, 0) is 32.0 Å². The predicted octanol–water partition coefficient (Wildman–Crippen LogP) is 1.60. The molecule has 0 bridgehead atoms. The molecule has 1 atom stereocenters. The first-order chi connectivity index (χ1) is 10.6. The number of hydrogen-bond acceptors (Lipinski definition) is 4. The number of nitrogens with zero attached hydrogens (tertiary/aromatic N) is 1. The standard InChI is InChI=1S/C17H26N2O3/c1-14-6-3-4-7-16(14)22-10-5-8-17(20)18-12-15-13-19(2)9-11-21-15/h3-4,6-7,15H,5,8-13H2,1-2H3,(H,18,20)/t15-/m1/s1. The van der Waals surface area contributed by atoms with Crippen LogP contribution in [0.2, 0.25) is 0 Å². The van der Waals surface area contributed by atoms with Crippen molar-refractivity contribution < 1.29 is 14.3 Å². The first-order valence-electron chi connectivity index (χ1n) is 7.90. The minimum absolute atomic E-state index is 0.0604. The number of carbonyl (C=O) groups is 1. The molecule has 1 N–H and O–H groups in total. The molecule has 122 valence electrons. The highest BCUT2D eigenvalue weighted by Gasteiger charge is 2.17. The maximum atomic E-state index is 11.8. The zero-order valence-corrected chi connectivity index (χ0v) is 13.5. The largest absolute Gasteiger partial charge is 0.493 e. The SMILES string of the molecule is Cc1ccccc1OCCCC(=O)NC[C@@H]1CN(C)CCO1. The van der Waals surface area contributed by atoms with Crippen LogP contribution in [-0.2, 0) is 9.53 Å². The monoisotopic (exact) mass is 306 g/mol. The van der Waals surface area contributed by atoms with Crippen molar-refractivity contribution in [3.05, 3.63) is 29.8 Å². The molecule has 5 heteroatoms. The zero-order valence-electron chi connectivity index (χ0n) is 13.5. The summed E-state index contributed by atoms with van der Waals surface area (Å²) in [6.45, 7) is 5.73. The summed E-state index contributed by atoms with van der Waals surface area (Å²) in [5.74, 6) is 0.951. The summed E-state index contributed by atoms with van der Waals surface area (Å²) < 4.78 is 11.3. The second-order valence-corrected chi connectivity index (χ2v) is 5.78. The normalized spacial score (nSPS) is 18.9. The Kier molecular flexibility index (Phi) is 6.68. The quantitative estimate of drug-likeness (QED) is 0.778. The summed E-state index contributed by atoms with van der Waals surface area (Å²) in [4.78, 5) is 14.0. The number of likely N-dealkylation sites (N-methyl/N-ethyl adjacent to an activating group) is 1. The van der Waals surface area contributed by atoms with Crippen molar-refractivity contribution in [2.75, 3.05) is 39.9 Å². The Morgan fingerprint density at radius 2 is 2.27 bits per heavy atom. The summed E-state index contributed by atoms with van der Waals surface area (Å²) in [6, 6.07) is 7.91. The molecule has 0 unspecified atom stereocenters. The summed E-state index contributed by atoms with van der Waals surface area (Å²) in [5.41, 5.74) is 1.12. The van der Waals surface area contributed by atoms with Crippen LogP contribution in [0.15, 0.2) is 24.3 Å². The Bertz CT molecular complexity index is 479. The molecule has 1 aliphatic rings. The maximum absolute atomic E-state index is 11.8. The van der Waals surface area contributed by atoms with Gasteiger partial charge in [0, 0.05) is 26.1 Å². The second-order valence-electron chi connectivity index (χ2n) is 5.78. The van der Waals surface area contributed by atoms with E-state index in [1.54, 1.807) is 0 Å². The van der Waals surface area contributed by atoms with Crippen LogP contribution in [0.4, 0.5) is 0 Å². The molecule has 1 heterocycles. The fourth-order valence-electron chi connectivity index (χ4n) is 2.44. The zero-order chi connectivity index (χ0) is 15.8. The molecule has 1 aromatic carbocycles. The van der Waals surface area contributed by atoms with E-state index in [1.165, 1.54) is 0 Å². The van der Waals surface area contributed by atoms with E-state index in [0.717, 1.165) is 31.0 Å². The van der Waals surface area contributed by atoms with Crippen molar-refractivity contribution >= 4 is 5.91 Å². The van der Waals surface area contributed by atoms with Gasteiger partial charge < -0.3 is 19.7 Å². The van der Waals surface area contributed by atoms with Crippen molar-refractivity contribution in [2.45, 2.75) is 25.9 Å². The van der Waals surface area contributed by atoms with Gasteiger partial charge in [0.05, 0.1) is 19.3 Å².